The monoisotopic (exact) mass is 325 g/mol. The molecule has 0 aromatic heterocycles. The van der Waals surface area contributed by atoms with Gasteiger partial charge in [-0.15, -0.1) is 10.1 Å². The third-order valence-corrected chi connectivity index (χ3v) is 5.05. The van der Waals surface area contributed by atoms with Crippen LogP contribution >= 0.6 is 0 Å². The van der Waals surface area contributed by atoms with E-state index in [0.717, 1.165) is 11.3 Å². The van der Waals surface area contributed by atoms with E-state index < -0.39 is 0 Å². The maximum absolute atomic E-state index is 12.6. The van der Waals surface area contributed by atoms with Crippen LogP contribution in [0, 0.1) is 0 Å². The number of carbonyl (C=O) groups is 1. The lowest BCUT2D eigenvalue weighted by Crippen LogP contribution is -2.30. The standard InChI is InChI=1S/C22H16N2O/c25-22-20(15-8-2-1-3-9-15)14-24(23-22)21-18-12-6-4-10-16(18)17-11-5-7-13-19(17)21/h1-13,20H,14H2/p+1. The topological polar surface area (TPSA) is 32.1 Å². The summed E-state index contributed by atoms with van der Waals surface area (Å²) in [5.41, 5.74) is 10.0. The molecule has 25 heavy (non-hydrogen) atoms. The Labute approximate surface area is 146 Å². The zero-order chi connectivity index (χ0) is 16.8. The van der Waals surface area contributed by atoms with E-state index in [4.69, 9.17) is 0 Å². The lowest BCUT2D eigenvalue weighted by Gasteiger charge is -2.02. The molecule has 0 radical (unpaired) electrons. The first-order valence-electron chi connectivity index (χ1n) is 8.52. The Kier molecular flexibility index (Phi) is 3.07. The average Bonchev–Trinajstić information content (AvgIpc) is 3.20. The second-order valence-corrected chi connectivity index (χ2v) is 6.49. The zero-order valence-electron chi connectivity index (χ0n) is 13.6. The molecule has 2 aliphatic rings. The lowest BCUT2D eigenvalue weighted by molar-refractivity contribution is -0.558. The van der Waals surface area contributed by atoms with Gasteiger partial charge in [-0.05, 0) is 28.8 Å². The van der Waals surface area contributed by atoms with E-state index in [1.807, 2.05) is 35.0 Å². The average molecular weight is 325 g/mol. The molecule has 1 heterocycles. The summed E-state index contributed by atoms with van der Waals surface area (Å²) in [5, 5.41) is 0. The van der Waals surface area contributed by atoms with Crippen LogP contribution in [0.25, 0.3) is 11.1 Å². The first-order valence-corrected chi connectivity index (χ1v) is 8.52. The van der Waals surface area contributed by atoms with Crippen LogP contribution in [0.15, 0.2) is 78.9 Å². The van der Waals surface area contributed by atoms with Crippen LogP contribution < -0.4 is 5.43 Å². The van der Waals surface area contributed by atoms with Crippen molar-refractivity contribution in [2.45, 2.75) is 5.92 Å². The van der Waals surface area contributed by atoms with Gasteiger partial charge in [0.25, 0.3) is 5.91 Å². The van der Waals surface area contributed by atoms with Gasteiger partial charge in [0.05, 0.1) is 11.1 Å². The molecule has 1 aliphatic carbocycles. The Bertz CT molecular complexity index is 973. The van der Waals surface area contributed by atoms with Crippen molar-refractivity contribution in [2.75, 3.05) is 6.54 Å². The number of hydrazone groups is 1. The summed E-state index contributed by atoms with van der Waals surface area (Å²) in [4.78, 5) is 12.6. The predicted molar refractivity (Wildman–Crippen MR) is 97.5 cm³/mol. The highest BCUT2D eigenvalue weighted by molar-refractivity contribution is 6.22. The van der Waals surface area contributed by atoms with Gasteiger partial charge in [-0.1, -0.05) is 66.7 Å². The van der Waals surface area contributed by atoms with E-state index in [0.29, 0.717) is 6.54 Å². The fourth-order valence-electron chi connectivity index (χ4n) is 3.90. The third kappa shape index (κ3) is 2.13. The van der Waals surface area contributed by atoms with E-state index in [1.54, 1.807) is 0 Å². The summed E-state index contributed by atoms with van der Waals surface area (Å²) >= 11 is 0. The molecule has 1 aliphatic heterocycles. The molecule has 1 N–H and O–H groups in total. The second-order valence-electron chi connectivity index (χ2n) is 6.49. The highest BCUT2D eigenvalue weighted by Gasteiger charge is 2.41. The maximum atomic E-state index is 12.6. The Balaban J connectivity index is 1.67. The van der Waals surface area contributed by atoms with Crippen molar-refractivity contribution in [1.82, 2.24) is 5.43 Å². The number of hydrazine groups is 1. The summed E-state index contributed by atoms with van der Waals surface area (Å²) in [6.45, 7) is 0.640. The predicted octanol–water partition coefficient (Wildman–Crippen LogP) is 3.35. The van der Waals surface area contributed by atoms with E-state index in [1.165, 1.54) is 22.3 Å². The number of hydrogen-bond donors (Lipinski definition) is 1. The molecule has 120 valence electrons. The number of benzene rings is 3. The Morgan fingerprint density at radius 3 is 1.84 bits per heavy atom. The number of rotatable bonds is 1. The largest absolute Gasteiger partial charge is 0.288 e. The molecular formula is C22H17N2O+. The van der Waals surface area contributed by atoms with Gasteiger partial charge in [0.15, 0.2) is 6.54 Å². The molecule has 3 heteroatoms. The minimum absolute atomic E-state index is 0.0561. The summed E-state index contributed by atoms with van der Waals surface area (Å²) < 4.78 is 2.02. The van der Waals surface area contributed by atoms with Crippen molar-refractivity contribution in [3.8, 4) is 11.1 Å². The van der Waals surface area contributed by atoms with Gasteiger partial charge in [-0.3, -0.25) is 4.79 Å². The van der Waals surface area contributed by atoms with Crippen LogP contribution in [0.4, 0.5) is 0 Å². The normalized spacial score (nSPS) is 18.1. The van der Waals surface area contributed by atoms with E-state index >= 15 is 0 Å². The van der Waals surface area contributed by atoms with Gasteiger partial charge in [-0.25, -0.2) is 0 Å². The summed E-state index contributed by atoms with van der Waals surface area (Å²) in [6, 6.07) is 26.8. The molecule has 3 nitrogen and oxygen atoms in total. The fourth-order valence-corrected chi connectivity index (χ4v) is 3.90. The van der Waals surface area contributed by atoms with Crippen LogP contribution in [0.5, 0.6) is 0 Å². The third-order valence-electron chi connectivity index (χ3n) is 5.05. The number of carbonyl (C=O) groups excluding carboxylic acids is 1. The summed E-state index contributed by atoms with van der Waals surface area (Å²) in [6.07, 6.45) is 0. The quantitative estimate of drug-likeness (QED) is 0.535. The zero-order valence-corrected chi connectivity index (χ0v) is 13.6. The van der Waals surface area contributed by atoms with E-state index in [-0.39, 0.29) is 11.8 Å². The second kappa shape index (κ2) is 5.42. The van der Waals surface area contributed by atoms with Crippen LogP contribution in [0.1, 0.15) is 22.6 Å². The van der Waals surface area contributed by atoms with Crippen molar-refractivity contribution in [2.24, 2.45) is 0 Å². The van der Waals surface area contributed by atoms with Gasteiger partial charge in [0.2, 0.25) is 5.71 Å². The molecule has 5 rings (SSSR count). The number of fused-ring (bicyclic) bond motifs is 3. The molecule has 0 bridgehead atoms. The highest BCUT2D eigenvalue weighted by atomic mass is 16.2. The van der Waals surface area contributed by atoms with Crippen LogP contribution in [-0.2, 0) is 4.79 Å². The molecule has 0 spiro atoms. The van der Waals surface area contributed by atoms with Crippen LogP contribution in [0.3, 0.4) is 0 Å². The van der Waals surface area contributed by atoms with Gasteiger partial charge >= 0.3 is 0 Å². The lowest BCUT2D eigenvalue weighted by atomic mass is 9.99. The van der Waals surface area contributed by atoms with E-state index in [2.05, 4.69) is 54.0 Å². The van der Waals surface area contributed by atoms with Crippen molar-refractivity contribution in [3.05, 3.63) is 95.6 Å². The first-order chi connectivity index (χ1) is 12.3. The summed E-state index contributed by atoms with van der Waals surface area (Å²) in [7, 11) is 0. The Morgan fingerprint density at radius 1 is 0.720 bits per heavy atom. The Morgan fingerprint density at radius 2 is 1.24 bits per heavy atom. The number of hydrogen-bond acceptors (Lipinski definition) is 1. The number of amides is 1. The van der Waals surface area contributed by atoms with Gasteiger partial charge < -0.3 is 0 Å². The fraction of sp³-hybridized carbons (Fsp3) is 0.0909. The number of nitrogens with one attached hydrogen (secondary N) is 1. The van der Waals surface area contributed by atoms with Gasteiger partial charge in [0, 0.05) is 0 Å². The van der Waals surface area contributed by atoms with Crippen LogP contribution in [0.2, 0.25) is 0 Å². The highest BCUT2D eigenvalue weighted by Crippen LogP contribution is 2.37. The molecule has 1 fully saturated rings. The molecule has 1 saturated heterocycles. The minimum atomic E-state index is -0.145. The molecule has 1 amide bonds. The summed E-state index contributed by atoms with van der Waals surface area (Å²) in [5.74, 6) is -0.0887. The minimum Gasteiger partial charge on any atom is -0.268 e. The van der Waals surface area contributed by atoms with Gasteiger partial charge in [-0.2, -0.15) is 0 Å². The molecule has 1 unspecified atom stereocenters. The SMILES string of the molecule is O=C1N[N+](=C2c3ccccc3-c3ccccc32)CC1c1ccccc1. The van der Waals surface area contributed by atoms with Crippen molar-refractivity contribution < 1.29 is 9.48 Å². The van der Waals surface area contributed by atoms with Crippen molar-refractivity contribution >= 4 is 11.6 Å². The van der Waals surface area contributed by atoms with E-state index in [9.17, 15) is 4.79 Å². The Hall–Kier alpha value is -3.20. The maximum Gasteiger partial charge on any atom is 0.288 e. The van der Waals surface area contributed by atoms with Crippen molar-refractivity contribution in [1.29, 1.82) is 0 Å². The van der Waals surface area contributed by atoms with Crippen LogP contribution in [-0.4, -0.2) is 22.8 Å². The molecular weight excluding hydrogens is 308 g/mol. The molecule has 3 aromatic carbocycles. The van der Waals surface area contributed by atoms with Gasteiger partial charge in [0.1, 0.15) is 5.92 Å². The first kappa shape index (κ1) is 14.2. The number of nitrogens with zero attached hydrogens (tertiary/aromatic N) is 1. The van der Waals surface area contributed by atoms with Crippen molar-refractivity contribution in [3.63, 3.8) is 0 Å². The smallest absolute Gasteiger partial charge is 0.268 e. The molecule has 3 aromatic rings. The molecule has 1 atom stereocenters. The molecule has 0 saturated carbocycles.